The number of benzene rings is 3. The summed E-state index contributed by atoms with van der Waals surface area (Å²) in [5.74, 6) is -1.98. The predicted molar refractivity (Wildman–Crippen MR) is 143 cm³/mol. The average Bonchev–Trinajstić information content (AvgIpc) is 2.91. The fourth-order valence-corrected chi connectivity index (χ4v) is 5.52. The molecular formula is C27H26ClF4N3O4S. The highest BCUT2D eigenvalue weighted by atomic mass is 35.5. The summed E-state index contributed by atoms with van der Waals surface area (Å²) >= 11 is 6.20. The first-order valence-corrected chi connectivity index (χ1v) is 13.8. The lowest BCUT2D eigenvalue weighted by Gasteiger charge is -2.32. The van der Waals surface area contributed by atoms with Gasteiger partial charge in [0.1, 0.15) is 18.4 Å². The molecule has 13 heteroatoms. The number of anilines is 1. The molecule has 1 N–H and O–H groups in total. The summed E-state index contributed by atoms with van der Waals surface area (Å²) in [6.45, 7) is 2.13. The van der Waals surface area contributed by atoms with E-state index in [1.807, 2.05) is 0 Å². The van der Waals surface area contributed by atoms with Crippen LogP contribution >= 0.6 is 11.6 Å². The van der Waals surface area contributed by atoms with Gasteiger partial charge in [0.2, 0.25) is 11.8 Å². The standard InChI is InChI=1S/C27H26ClF4N3O4S/c1-3-33-26(37)18(2)34(16-19-9-12-21(29)13-10-19)25(36)17-35(40(38,39)22-7-5-4-6-8-22)24-15-20(27(30,31)32)11-14-23(24)28/h4-15,18H,3,16-17H2,1-2H3,(H,33,37). The minimum absolute atomic E-state index is 0.215. The highest BCUT2D eigenvalue weighted by Gasteiger charge is 2.36. The number of alkyl halides is 3. The van der Waals surface area contributed by atoms with E-state index in [2.05, 4.69) is 5.32 Å². The molecule has 0 aromatic heterocycles. The summed E-state index contributed by atoms with van der Waals surface area (Å²) < 4.78 is 82.0. The monoisotopic (exact) mass is 599 g/mol. The second kappa shape index (κ2) is 12.7. The Bertz CT molecular complexity index is 1450. The van der Waals surface area contributed by atoms with Gasteiger partial charge in [0, 0.05) is 13.1 Å². The summed E-state index contributed by atoms with van der Waals surface area (Å²) in [4.78, 5) is 27.2. The maximum atomic E-state index is 13.7. The van der Waals surface area contributed by atoms with Crippen LogP contribution in [-0.4, -0.2) is 44.3 Å². The molecule has 0 bridgehead atoms. The number of likely N-dealkylation sites (N-methyl/N-ethyl adjacent to an activating group) is 1. The molecule has 0 saturated carbocycles. The van der Waals surface area contributed by atoms with Crippen molar-refractivity contribution in [2.45, 2.75) is 37.5 Å². The first kappa shape index (κ1) is 30.9. The normalized spacial score (nSPS) is 12.5. The molecule has 0 spiro atoms. The zero-order valence-electron chi connectivity index (χ0n) is 21.5. The Morgan fingerprint density at radius 1 is 1.00 bits per heavy atom. The van der Waals surface area contributed by atoms with Gasteiger partial charge in [-0.2, -0.15) is 13.2 Å². The Morgan fingerprint density at radius 3 is 2.20 bits per heavy atom. The molecule has 0 aliphatic heterocycles. The number of sulfonamides is 1. The van der Waals surface area contributed by atoms with Crippen LogP contribution in [0.1, 0.15) is 25.0 Å². The van der Waals surface area contributed by atoms with Crippen molar-refractivity contribution in [1.82, 2.24) is 10.2 Å². The van der Waals surface area contributed by atoms with Crippen LogP contribution in [0.2, 0.25) is 5.02 Å². The van der Waals surface area contributed by atoms with Crippen LogP contribution in [0.5, 0.6) is 0 Å². The Labute approximate surface area is 234 Å². The van der Waals surface area contributed by atoms with Gasteiger partial charge in [0.05, 0.1) is 21.2 Å². The Balaban J connectivity index is 2.12. The fourth-order valence-electron chi connectivity index (χ4n) is 3.80. The molecule has 1 atom stereocenters. The third-order valence-electron chi connectivity index (χ3n) is 5.94. The number of carbonyl (C=O) groups is 2. The van der Waals surface area contributed by atoms with E-state index in [0.717, 1.165) is 23.1 Å². The third-order valence-corrected chi connectivity index (χ3v) is 8.03. The SMILES string of the molecule is CCNC(=O)C(C)N(Cc1ccc(F)cc1)C(=O)CN(c1cc(C(F)(F)F)ccc1Cl)S(=O)(=O)c1ccccc1. The topological polar surface area (TPSA) is 86.8 Å². The first-order chi connectivity index (χ1) is 18.8. The maximum Gasteiger partial charge on any atom is 0.416 e. The maximum absolute atomic E-state index is 13.7. The Kier molecular flexibility index (Phi) is 9.80. The molecule has 0 aliphatic carbocycles. The van der Waals surface area contributed by atoms with Crippen molar-refractivity contribution >= 4 is 39.1 Å². The van der Waals surface area contributed by atoms with Crippen LogP contribution in [0.25, 0.3) is 0 Å². The van der Waals surface area contributed by atoms with Crippen LogP contribution in [0.4, 0.5) is 23.2 Å². The largest absolute Gasteiger partial charge is 0.416 e. The molecule has 40 heavy (non-hydrogen) atoms. The summed E-state index contributed by atoms with van der Waals surface area (Å²) in [6.07, 6.45) is -4.83. The van der Waals surface area contributed by atoms with Gasteiger partial charge in [-0.1, -0.05) is 41.9 Å². The van der Waals surface area contributed by atoms with E-state index in [4.69, 9.17) is 11.6 Å². The van der Waals surface area contributed by atoms with Gasteiger partial charge in [-0.05, 0) is 61.9 Å². The minimum atomic E-state index is -4.83. The van der Waals surface area contributed by atoms with Gasteiger partial charge >= 0.3 is 6.18 Å². The molecule has 0 saturated heterocycles. The van der Waals surface area contributed by atoms with E-state index in [9.17, 15) is 35.6 Å². The number of hydrogen-bond acceptors (Lipinski definition) is 4. The van der Waals surface area contributed by atoms with E-state index in [-0.39, 0.29) is 23.0 Å². The van der Waals surface area contributed by atoms with Crippen LogP contribution in [0.15, 0.2) is 77.7 Å². The summed E-state index contributed by atoms with van der Waals surface area (Å²) in [7, 11) is -4.62. The number of amides is 2. The molecule has 0 aliphatic rings. The summed E-state index contributed by atoms with van der Waals surface area (Å²) in [6, 6.07) is 12.9. The van der Waals surface area contributed by atoms with E-state index < -0.39 is 57.7 Å². The summed E-state index contributed by atoms with van der Waals surface area (Å²) in [5, 5.41) is 2.23. The quantitative estimate of drug-likeness (QED) is 0.323. The van der Waals surface area contributed by atoms with E-state index >= 15 is 0 Å². The number of nitrogens with one attached hydrogen (secondary N) is 1. The minimum Gasteiger partial charge on any atom is -0.355 e. The lowest BCUT2D eigenvalue weighted by atomic mass is 10.1. The molecule has 0 fully saturated rings. The zero-order chi connectivity index (χ0) is 29.7. The van der Waals surface area contributed by atoms with Crippen LogP contribution in [-0.2, 0) is 32.3 Å². The number of carbonyl (C=O) groups excluding carboxylic acids is 2. The average molecular weight is 600 g/mol. The van der Waals surface area contributed by atoms with Crippen molar-refractivity contribution in [2.24, 2.45) is 0 Å². The van der Waals surface area contributed by atoms with Gasteiger partial charge in [0.25, 0.3) is 10.0 Å². The molecular weight excluding hydrogens is 574 g/mol. The molecule has 3 rings (SSSR count). The van der Waals surface area contributed by atoms with Crippen LogP contribution in [0, 0.1) is 5.82 Å². The first-order valence-electron chi connectivity index (χ1n) is 12.0. The Morgan fingerprint density at radius 2 is 1.62 bits per heavy atom. The van der Waals surface area contributed by atoms with Gasteiger partial charge in [-0.3, -0.25) is 13.9 Å². The smallest absolute Gasteiger partial charge is 0.355 e. The zero-order valence-corrected chi connectivity index (χ0v) is 23.0. The van der Waals surface area contributed by atoms with E-state index in [0.29, 0.717) is 22.0 Å². The molecule has 3 aromatic carbocycles. The van der Waals surface area contributed by atoms with E-state index in [1.54, 1.807) is 13.0 Å². The van der Waals surface area contributed by atoms with Crippen molar-refractivity contribution in [1.29, 1.82) is 0 Å². The second-order valence-electron chi connectivity index (χ2n) is 8.71. The number of hydrogen-bond donors (Lipinski definition) is 1. The molecule has 0 radical (unpaired) electrons. The lowest BCUT2D eigenvalue weighted by molar-refractivity contribution is -0.139. The highest BCUT2D eigenvalue weighted by molar-refractivity contribution is 7.92. The van der Waals surface area contributed by atoms with Crippen molar-refractivity contribution in [2.75, 3.05) is 17.4 Å². The van der Waals surface area contributed by atoms with Gasteiger partial charge < -0.3 is 10.2 Å². The molecule has 2 amide bonds. The number of halogens is 5. The van der Waals surface area contributed by atoms with Gasteiger partial charge in [-0.25, -0.2) is 12.8 Å². The predicted octanol–water partition coefficient (Wildman–Crippen LogP) is 5.25. The molecule has 1 unspecified atom stereocenters. The lowest BCUT2D eigenvalue weighted by Crippen LogP contribution is -2.51. The third kappa shape index (κ3) is 7.30. The van der Waals surface area contributed by atoms with Crippen LogP contribution < -0.4 is 9.62 Å². The fraction of sp³-hybridized carbons (Fsp3) is 0.259. The van der Waals surface area contributed by atoms with Crippen molar-refractivity contribution in [3.8, 4) is 0 Å². The molecule has 214 valence electrons. The van der Waals surface area contributed by atoms with Crippen molar-refractivity contribution in [3.63, 3.8) is 0 Å². The van der Waals surface area contributed by atoms with Crippen molar-refractivity contribution in [3.05, 3.63) is 94.8 Å². The van der Waals surface area contributed by atoms with Gasteiger partial charge in [-0.15, -0.1) is 0 Å². The molecule has 7 nitrogen and oxygen atoms in total. The molecule has 0 heterocycles. The molecule has 3 aromatic rings. The van der Waals surface area contributed by atoms with Gasteiger partial charge in [0.15, 0.2) is 0 Å². The highest BCUT2D eigenvalue weighted by Crippen LogP contribution is 2.37. The second-order valence-corrected chi connectivity index (χ2v) is 11.0. The number of nitrogens with zero attached hydrogens (tertiary/aromatic N) is 2. The van der Waals surface area contributed by atoms with Crippen molar-refractivity contribution < 1.29 is 35.6 Å². The Hall–Kier alpha value is -3.64. The van der Waals surface area contributed by atoms with Crippen LogP contribution in [0.3, 0.4) is 0 Å². The summed E-state index contributed by atoms with van der Waals surface area (Å²) in [5.41, 5.74) is -1.31. The van der Waals surface area contributed by atoms with E-state index in [1.165, 1.54) is 43.3 Å². The number of rotatable bonds is 10.